The van der Waals surface area contributed by atoms with E-state index < -0.39 is 5.60 Å². The van der Waals surface area contributed by atoms with Crippen LogP contribution in [0.4, 0.5) is 0 Å². The Morgan fingerprint density at radius 2 is 2.12 bits per heavy atom. The molecule has 0 saturated heterocycles. The van der Waals surface area contributed by atoms with Crippen LogP contribution in [0.5, 0.6) is 0 Å². The average Bonchev–Trinajstić information content (AvgIpc) is 2.77. The summed E-state index contributed by atoms with van der Waals surface area (Å²) < 4.78 is 4.93. The first-order valence-electron chi connectivity index (χ1n) is 6.54. The van der Waals surface area contributed by atoms with E-state index in [1.807, 2.05) is 0 Å². The molecule has 17 heavy (non-hydrogen) atoms. The molecule has 0 aliphatic heterocycles. The quantitative estimate of drug-likeness (QED) is 0.727. The summed E-state index contributed by atoms with van der Waals surface area (Å²) in [5, 5.41) is 12.9. The van der Waals surface area contributed by atoms with Crippen molar-refractivity contribution in [1.29, 1.82) is 0 Å². The highest BCUT2D eigenvalue weighted by molar-refractivity contribution is 5.82. The Labute approximate surface area is 103 Å². The molecule has 98 valence electrons. The molecule has 4 nitrogen and oxygen atoms in total. The number of rotatable bonds is 6. The molecule has 3 unspecified atom stereocenters. The number of hydrogen-bond acceptors (Lipinski definition) is 3. The summed E-state index contributed by atoms with van der Waals surface area (Å²) in [6.07, 6.45) is 4.25. The Bertz CT molecular complexity index is 280. The molecule has 0 radical (unpaired) electrons. The maximum Gasteiger partial charge on any atom is 0.223 e. The molecule has 0 aromatic rings. The van der Waals surface area contributed by atoms with Crippen LogP contribution in [0, 0.1) is 17.8 Å². The smallest absolute Gasteiger partial charge is 0.223 e. The van der Waals surface area contributed by atoms with E-state index in [1.54, 1.807) is 14.0 Å². The molecule has 2 fully saturated rings. The van der Waals surface area contributed by atoms with Crippen LogP contribution in [0.1, 0.15) is 32.6 Å². The van der Waals surface area contributed by atoms with Crippen LogP contribution in [-0.4, -0.2) is 36.9 Å². The summed E-state index contributed by atoms with van der Waals surface area (Å²) in [5.41, 5.74) is -0.865. The first kappa shape index (κ1) is 12.8. The Kier molecular flexibility index (Phi) is 3.73. The first-order chi connectivity index (χ1) is 8.05. The number of carbonyl (C=O) groups excluding carboxylic acids is 1. The number of nitrogens with one attached hydrogen (secondary N) is 1. The number of aliphatic hydroxyl groups is 1. The van der Waals surface area contributed by atoms with E-state index in [-0.39, 0.29) is 11.8 Å². The molecular weight excluding hydrogens is 218 g/mol. The topological polar surface area (TPSA) is 58.6 Å². The molecule has 2 aliphatic rings. The third-order valence-electron chi connectivity index (χ3n) is 4.20. The van der Waals surface area contributed by atoms with E-state index in [0.29, 0.717) is 31.4 Å². The summed E-state index contributed by atoms with van der Waals surface area (Å²) in [5.74, 6) is 1.65. The van der Waals surface area contributed by atoms with Crippen LogP contribution >= 0.6 is 0 Å². The molecule has 2 aliphatic carbocycles. The minimum atomic E-state index is -0.865. The fraction of sp³-hybridized carbons (Fsp3) is 0.923. The highest BCUT2D eigenvalue weighted by atomic mass is 16.5. The van der Waals surface area contributed by atoms with E-state index in [2.05, 4.69) is 5.32 Å². The monoisotopic (exact) mass is 241 g/mol. The van der Waals surface area contributed by atoms with Crippen LogP contribution in [0.15, 0.2) is 0 Å². The minimum absolute atomic E-state index is 0.136. The zero-order valence-electron chi connectivity index (χ0n) is 10.7. The second kappa shape index (κ2) is 4.94. The van der Waals surface area contributed by atoms with Crippen molar-refractivity contribution in [2.24, 2.45) is 17.8 Å². The Hall–Kier alpha value is -0.610. The van der Waals surface area contributed by atoms with Gasteiger partial charge in [-0.05, 0) is 31.6 Å². The summed E-state index contributed by atoms with van der Waals surface area (Å²) >= 11 is 0. The van der Waals surface area contributed by atoms with E-state index >= 15 is 0 Å². The third-order valence-corrected chi connectivity index (χ3v) is 4.20. The van der Waals surface area contributed by atoms with E-state index in [4.69, 9.17) is 4.74 Å². The van der Waals surface area contributed by atoms with Gasteiger partial charge in [0.15, 0.2) is 0 Å². The highest BCUT2D eigenvalue weighted by Crippen LogP contribution is 2.57. The largest absolute Gasteiger partial charge is 0.388 e. The lowest BCUT2D eigenvalue weighted by molar-refractivity contribution is -0.124. The molecule has 0 spiro atoms. The zero-order valence-corrected chi connectivity index (χ0v) is 10.7. The Morgan fingerprint density at radius 3 is 2.71 bits per heavy atom. The van der Waals surface area contributed by atoms with E-state index in [9.17, 15) is 9.90 Å². The van der Waals surface area contributed by atoms with Gasteiger partial charge >= 0.3 is 0 Å². The molecule has 0 aromatic heterocycles. The fourth-order valence-electron chi connectivity index (χ4n) is 3.02. The second-order valence-electron chi connectivity index (χ2n) is 5.74. The number of methoxy groups -OCH3 is 1. The van der Waals surface area contributed by atoms with Crippen molar-refractivity contribution < 1.29 is 14.6 Å². The molecule has 2 saturated carbocycles. The van der Waals surface area contributed by atoms with Gasteiger partial charge in [-0.25, -0.2) is 0 Å². The standard InChI is InChI=1S/C13H23NO3/c1-13(16,6-7-17-2)8-14-12(15)11-9-4-3-5-10(9)11/h9-11,16H,3-8H2,1-2H3,(H,14,15). The molecule has 1 amide bonds. The number of amides is 1. The molecule has 0 bridgehead atoms. The molecule has 2 N–H and O–H groups in total. The maximum absolute atomic E-state index is 11.9. The number of hydrogen-bond donors (Lipinski definition) is 2. The number of ether oxygens (including phenoxy) is 1. The van der Waals surface area contributed by atoms with Gasteiger partial charge in [0.25, 0.3) is 0 Å². The summed E-state index contributed by atoms with van der Waals surface area (Å²) in [7, 11) is 1.61. The van der Waals surface area contributed by atoms with Crippen molar-refractivity contribution in [2.75, 3.05) is 20.3 Å². The summed E-state index contributed by atoms with van der Waals surface area (Å²) in [6.45, 7) is 2.57. The SMILES string of the molecule is COCCC(C)(O)CNC(=O)C1C2CCCC21. The van der Waals surface area contributed by atoms with Crippen LogP contribution in [0.3, 0.4) is 0 Å². The van der Waals surface area contributed by atoms with Crippen molar-refractivity contribution in [2.45, 2.75) is 38.2 Å². The maximum atomic E-state index is 11.9. The predicted molar refractivity (Wildman–Crippen MR) is 64.4 cm³/mol. The van der Waals surface area contributed by atoms with Gasteiger partial charge in [0, 0.05) is 32.6 Å². The number of carbonyl (C=O) groups is 1. The first-order valence-corrected chi connectivity index (χ1v) is 6.54. The molecule has 0 aromatic carbocycles. The predicted octanol–water partition coefficient (Wildman–Crippen LogP) is 0.936. The van der Waals surface area contributed by atoms with Gasteiger partial charge in [-0.1, -0.05) is 6.42 Å². The summed E-state index contributed by atoms with van der Waals surface area (Å²) in [4.78, 5) is 11.9. The van der Waals surface area contributed by atoms with Gasteiger partial charge in [-0.15, -0.1) is 0 Å². The van der Waals surface area contributed by atoms with Crippen LogP contribution in [0.25, 0.3) is 0 Å². The summed E-state index contributed by atoms with van der Waals surface area (Å²) in [6, 6.07) is 0. The van der Waals surface area contributed by atoms with Crippen LogP contribution in [-0.2, 0) is 9.53 Å². The lowest BCUT2D eigenvalue weighted by atomic mass is 10.0. The van der Waals surface area contributed by atoms with E-state index in [1.165, 1.54) is 19.3 Å². The van der Waals surface area contributed by atoms with Crippen molar-refractivity contribution in [3.63, 3.8) is 0 Å². The average molecular weight is 241 g/mol. The minimum Gasteiger partial charge on any atom is -0.388 e. The molecule has 3 atom stereocenters. The van der Waals surface area contributed by atoms with Gasteiger partial charge < -0.3 is 15.2 Å². The van der Waals surface area contributed by atoms with E-state index in [0.717, 1.165) is 0 Å². The van der Waals surface area contributed by atoms with Gasteiger partial charge in [0.2, 0.25) is 5.91 Å². The number of fused-ring (bicyclic) bond motifs is 1. The molecule has 0 heterocycles. The van der Waals surface area contributed by atoms with Gasteiger partial charge in [-0.3, -0.25) is 4.79 Å². The Morgan fingerprint density at radius 1 is 1.47 bits per heavy atom. The normalized spacial score (nSPS) is 33.9. The van der Waals surface area contributed by atoms with Crippen molar-refractivity contribution in [1.82, 2.24) is 5.32 Å². The van der Waals surface area contributed by atoms with Crippen LogP contribution in [0.2, 0.25) is 0 Å². The van der Waals surface area contributed by atoms with Crippen LogP contribution < -0.4 is 5.32 Å². The van der Waals surface area contributed by atoms with Gasteiger partial charge in [-0.2, -0.15) is 0 Å². The van der Waals surface area contributed by atoms with Crippen molar-refractivity contribution >= 4 is 5.91 Å². The molecule has 2 rings (SSSR count). The van der Waals surface area contributed by atoms with Gasteiger partial charge in [0.05, 0.1) is 5.60 Å². The lowest BCUT2D eigenvalue weighted by Gasteiger charge is -2.23. The molecule has 4 heteroatoms. The Balaban J connectivity index is 1.69. The third kappa shape index (κ3) is 2.99. The zero-order chi connectivity index (χ0) is 12.5. The van der Waals surface area contributed by atoms with Crippen molar-refractivity contribution in [3.05, 3.63) is 0 Å². The highest BCUT2D eigenvalue weighted by Gasteiger charge is 2.56. The van der Waals surface area contributed by atoms with Crippen molar-refractivity contribution in [3.8, 4) is 0 Å². The fourth-order valence-corrected chi connectivity index (χ4v) is 3.02. The van der Waals surface area contributed by atoms with Gasteiger partial charge in [0.1, 0.15) is 0 Å². The molecular formula is C13H23NO3. The second-order valence-corrected chi connectivity index (χ2v) is 5.74. The lowest BCUT2D eigenvalue weighted by Crippen LogP contribution is -2.42.